The molecule has 0 aliphatic rings. The monoisotopic (exact) mass is 332 g/mol. The zero-order valence-corrected chi connectivity index (χ0v) is 15.4. The molecule has 0 saturated heterocycles. The molecule has 0 atom stereocenters. The Labute approximate surface area is 143 Å². The Kier molecular flexibility index (Phi) is 11.2. The van der Waals surface area contributed by atoms with Crippen molar-refractivity contribution in [1.29, 1.82) is 0 Å². The summed E-state index contributed by atoms with van der Waals surface area (Å²) in [4.78, 5) is 0. The molecule has 4 nitrogen and oxygen atoms in total. The van der Waals surface area contributed by atoms with Crippen LogP contribution in [-0.2, 0) is 0 Å². The lowest BCUT2D eigenvalue weighted by molar-refractivity contribution is 0.296. The van der Waals surface area contributed by atoms with Crippen LogP contribution in [0.5, 0.6) is 0 Å². The van der Waals surface area contributed by atoms with Gasteiger partial charge >= 0.3 is 8.72 Å². The molecule has 0 aliphatic heterocycles. The van der Waals surface area contributed by atoms with Crippen LogP contribution in [0.15, 0.2) is 75.9 Å². The molecule has 128 valence electrons. The largest absolute Gasteiger partial charge is 0.372 e. The highest BCUT2D eigenvalue weighted by Crippen LogP contribution is 2.17. The van der Waals surface area contributed by atoms with Crippen molar-refractivity contribution in [2.24, 2.45) is 5.40 Å². The molecular weight excluding hydrogens is 300 g/mol. The van der Waals surface area contributed by atoms with Crippen LogP contribution >= 0.6 is 0 Å². The van der Waals surface area contributed by atoms with Gasteiger partial charge in [-0.3, -0.25) is 13.7 Å². The van der Waals surface area contributed by atoms with Gasteiger partial charge in [0.15, 0.2) is 0 Å². The van der Waals surface area contributed by atoms with E-state index in [2.05, 4.69) is 53.2 Å². The molecule has 5 heteroatoms. The average Bonchev–Trinajstić information content (AvgIpc) is 2.53. The minimum Gasteiger partial charge on any atom is -0.314 e. The SMILES string of the molecule is C=CCN(CC=C)[Si](N)(N(CC=C)CC=C)N(CC=C)CC=C. The summed E-state index contributed by atoms with van der Waals surface area (Å²) in [5.41, 5.74) is 0. The Morgan fingerprint density at radius 1 is 0.522 bits per heavy atom. The second-order valence-electron chi connectivity index (χ2n) is 5.13. The maximum atomic E-state index is 7.08. The third kappa shape index (κ3) is 5.89. The third-order valence-corrected chi connectivity index (χ3v) is 7.38. The van der Waals surface area contributed by atoms with Crippen LogP contribution in [0.4, 0.5) is 0 Å². The van der Waals surface area contributed by atoms with Gasteiger partial charge in [0.2, 0.25) is 0 Å². The maximum absolute atomic E-state index is 7.08. The normalized spacial score (nSPS) is 11.5. The summed E-state index contributed by atoms with van der Waals surface area (Å²) < 4.78 is 6.73. The predicted molar refractivity (Wildman–Crippen MR) is 106 cm³/mol. The van der Waals surface area contributed by atoms with Gasteiger partial charge in [0.1, 0.15) is 0 Å². The van der Waals surface area contributed by atoms with E-state index in [9.17, 15) is 0 Å². The van der Waals surface area contributed by atoms with Gasteiger partial charge in [-0.15, -0.1) is 39.5 Å². The van der Waals surface area contributed by atoms with Gasteiger partial charge < -0.3 is 5.40 Å². The summed E-state index contributed by atoms with van der Waals surface area (Å²) in [5, 5.41) is 7.08. The molecule has 0 aliphatic carbocycles. The summed E-state index contributed by atoms with van der Waals surface area (Å²) in [5.74, 6) is 0. The number of hydrogen-bond donors (Lipinski definition) is 1. The van der Waals surface area contributed by atoms with Gasteiger partial charge in [0.05, 0.1) is 0 Å². The highest BCUT2D eigenvalue weighted by atomic mass is 28.4. The molecule has 0 amide bonds. The second-order valence-corrected chi connectivity index (χ2v) is 8.41. The first-order valence-corrected chi connectivity index (χ1v) is 9.67. The molecule has 0 fully saturated rings. The molecule has 0 unspecified atom stereocenters. The van der Waals surface area contributed by atoms with E-state index in [0.29, 0.717) is 39.3 Å². The van der Waals surface area contributed by atoms with Crippen molar-refractivity contribution in [1.82, 2.24) is 13.7 Å². The summed E-state index contributed by atoms with van der Waals surface area (Å²) in [7, 11) is -2.69. The zero-order valence-electron chi connectivity index (χ0n) is 14.4. The maximum Gasteiger partial charge on any atom is 0.372 e. The van der Waals surface area contributed by atoms with Crippen molar-refractivity contribution < 1.29 is 0 Å². The molecule has 0 radical (unpaired) electrons. The minimum absolute atomic E-state index is 0.685. The van der Waals surface area contributed by atoms with E-state index in [4.69, 9.17) is 5.40 Å². The Hall–Kier alpha value is -1.50. The van der Waals surface area contributed by atoms with Crippen molar-refractivity contribution >= 4 is 8.72 Å². The smallest absolute Gasteiger partial charge is 0.314 e. The molecule has 0 spiro atoms. The summed E-state index contributed by atoms with van der Waals surface area (Å²) in [6.45, 7) is 27.3. The molecule has 0 aromatic heterocycles. The van der Waals surface area contributed by atoms with Crippen LogP contribution in [-0.4, -0.2) is 61.7 Å². The van der Waals surface area contributed by atoms with Gasteiger partial charge in [0, 0.05) is 39.3 Å². The molecule has 23 heavy (non-hydrogen) atoms. The van der Waals surface area contributed by atoms with Gasteiger partial charge in [-0.25, -0.2) is 0 Å². The minimum atomic E-state index is -2.69. The summed E-state index contributed by atoms with van der Waals surface area (Å²) in [6.07, 6.45) is 11.2. The number of nitrogens with zero attached hydrogens (tertiary/aromatic N) is 3. The molecule has 2 N–H and O–H groups in total. The fourth-order valence-electron chi connectivity index (χ4n) is 2.56. The molecule has 0 heterocycles. The second kappa shape index (κ2) is 12.0. The fraction of sp³-hybridized carbons (Fsp3) is 0.333. The Balaban J connectivity index is 6.01. The van der Waals surface area contributed by atoms with E-state index < -0.39 is 8.72 Å². The highest BCUT2D eigenvalue weighted by molar-refractivity contribution is 6.68. The van der Waals surface area contributed by atoms with Crippen molar-refractivity contribution in [3.05, 3.63) is 75.9 Å². The van der Waals surface area contributed by atoms with E-state index >= 15 is 0 Å². The Bertz CT molecular complexity index is 329. The summed E-state index contributed by atoms with van der Waals surface area (Å²) in [6, 6.07) is 0. The molecule has 0 rings (SSSR count). The standard InChI is InChI=1S/C18H32N4Si/c1-7-13-20(14-8-2)23(19,21(15-9-3)16-10-4)22(17-11-5)18-12-6/h7-12H,1-6,13-19H2. The molecule has 0 aromatic rings. The van der Waals surface area contributed by atoms with Crippen LogP contribution in [0.2, 0.25) is 0 Å². The fourth-order valence-corrected chi connectivity index (χ4v) is 6.15. The van der Waals surface area contributed by atoms with Crippen LogP contribution < -0.4 is 5.40 Å². The van der Waals surface area contributed by atoms with Crippen molar-refractivity contribution in [2.45, 2.75) is 0 Å². The lowest BCUT2D eigenvalue weighted by atomic mass is 10.5. The van der Waals surface area contributed by atoms with Crippen molar-refractivity contribution in [3.8, 4) is 0 Å². The van der Waals surface area contributed by atoms with Crippen molar-refractivity contribution in [2.75, 3.05) is 39.3 Å². The molecule has 0 saturated carbocycles. The number of rotatable bonds is 15. The van der Waals surface area contributed by atoms with E-state index in [1.165, 1.54) is 0 Å². The van der Waals surface area contributed by atoms with Gasteiger partial charge in [-0.2, -0.15) is 0 Å². The molecular formula is C18H32N4Si. The molecule has 0 bridgehead atoms. The van der Waals surface area contributed by atoms with Crippen LogP contribution in [0.3, 0.4) is 0 Å². The third-order valence-electron chi connectivity index (χ3n) is 3.49. The predicted octanol–water partition coefficient (Wildman–Crippen LogP) is 2.40. The topological polar surface area (TPSA) is 35.7 Å². The lowest BCUT2D eigenvalue weighted by Gasteiger charge is -2.50. The van der Waals surface area contributed by atoms with E-state index in [1.54, 1.807) is 0 Å². The number of hydrogen-bond acceptors (Lipinski definition) is 4. The highest BCUT2D eigenvalue weighted by Gasteiger charge is 2.46. The van der Waals surface area contributed by atoms with E-state index in [-0.39, 0.29) is 0 Å². The van der Waals surface area contributed by atoms with Crippen molar-refractivity contribution in [3.63, 3.8) is 0 Å². The molecule has 0 aromatic carbocycles. The first kappa shape index (κ1) is 21.5. The lowest BCUT2D eigenvalue weighted by Crippen LogP contribution is -2.81. The van der Waals surface area contributed by atoms with Gasteiger partial charge in [-0.1, -0.05) is 36.5 Å². The summed E-state index contributed by atoms with van der Waals surface area (Å²) >= 11 is 0. The Morgan fingerprint density at radius 3 is 0.826 bits per heavy atom. The number of nitrogens with two attached hydrogens (primary N) is 1. The van der Waals surface area contributed by atoms with Gasteiger partial charge in [0.25, 0.3) is 0 Å². The van der Waals surface area contributed by atoms with E-state index in [1.807, 2.05) is 36.5 Å². The van der Waals surface area contributed by atoms with Crippen LogP contribution in [0.1, 0.15) is 0 Å². The van der Waals surface area contributed by atoms with E-state index in [0.717, 1.165) is 0 Å². The first-order chi connectivity index (χ1) is 11.1. The quantitative estimate of drug-likeness (QED) is 0.369. The first-order valence-electron chi connectivity index (χ1n) is 7.76. The zero-order chi connectivity index (χ0) is 17.7. The average molecular weight is 333 g/mol. The van der Waals surface area contributed by atoms with Crippen LogP contribution in [0, 0.1) is 0 Å². The van der Waals surface area contributed by atoms with Crippen LogP contribution in [0.25, 0.3) is 0 Å². The van der Waals surface area contributed by atoms with Gasteiger partial charge in [-0.05, 0) is 0 Å². The Morgan fingerprint density at radius 2 is 0.696 bits per heavy atom.